The summed E-state index contributed by atoms with van der Waals surface area (Å²) in [5.74, 6) is 2.57. The zero-order valence-electron chi connectivity index (χ0n) is 12.9. The van der Waals surface area contributed by atoms with Gasteiger partial charge in [-0.25, -0.2) is 4.98 Å². The van der Waals surface area contributed by atoms with E-state index in [9.17, 15) is 4.79 Å². The molecule has 114 valence electrons. The maximum absolute atomic E-state index is 12.5. The maximum atomic E-state index is 12.5. The summed E-state index contributed by atoms with van der Waals surface area (Å²) in [4.78, 5) is 17.1. The van der Waals surface area contributed by atoms with Crippen molar-refractivity contribution in [2.45, 2.75) is 45.2 Å². The summed E-state index contributed by atoms with van der Waals surface area (Å²) in [6, 6.07) is 0. The minimum absolute atomic E-state index is 0.213. The summed E-state index contributed by atoms with van der Waals surface area (Å²) in [6.07, 6.45) is 5.54. The SMILES string of the molecule is CC(C)(NC(=O)C1[C@H]2CNC[C@@H]12)c1ncc2n1CCCC2. The second kappa shape index (κ2) is 4.57. The van der Waals surface area contributed by atoms with Crippen molar-refractivity contribution in [3.8, 4) is 0 Å². The Morgan fingerprint density at radius 2 is 2.14 bits per heavy atom. The average Bonchev–Trinajstić information content (AvgIpc) is 2.82. The van der Waals surface area contributed by atoms with Crippen LogP contribution in [0, 0.1) is 17.8 Å². The predicted octanol–water partition coefficient (Wildman–Crippen LogP) is 1.04. The number of piperidine rings is 1. The molecule has 2 N–H and O–H groups in total. The van der Waals surface area contributed by atoms with Crippen molar-refractivity contribution in [2.24, 2.45) is 17.8 Å². The van der Waals surface area contributed by atoms with Crippen molar-refractivity contribution >= 4 is 5.91 Å². The van der Waals surface area contributed by atoms with E-state index in [1.165, 1.54) is 18.5 Å². The van der Waals surface area contributed by atoms with Gasteiger partial charge in [0.05, 0.1) is 5.54 Å². The zero-order chi connectivity index (χ0) is 14.6. The number of imidazole rings is 1. The maximum Gasteiger partial charge on any atom is 0.224 e. The van der Waals surface area contributed by atoms with E-state index in [1.807, 2.05) is 6.20 Å². The predicted molar refractivity (Wildman–Crippen MR) is 79.7 cm³/mol. The number of nitrogens with one attached hydrogen (secondary N) is 2. The molecule has 0 spiro atoms. The largest absolute Gasteiger partial charge is 0.344 e. The quantitative estimate of drug-likeness (QED) is 0.873. The minimum atomic E-state index is -0.392. The molecule has 0 aromatic carbocycles. The summed E-state index contributed by atoms with van der Waals surface area (Å²) in [6.45, 7) is 7.18. The molecule has 3 atom stereocenters. The number of aryl methyl sites for hydroxylation is 1. The fourth-order valence-corrected chi connectivity index (χ4v) is 4.19. The molecule has 5 heteroatoms. The van der Waals surface area contributed by atoms with Crippen molar-refractivity contribution in [3.63, 3.8) is 0 Å². The number of amides is 1. The highest BCUT2D eigenvalue weighted by atomic mass is 16.2. The van der Waals surface area contributed by atoms with Gasteiger partial charge in [0, 0.05) is 24.4 Å². The van der Waals surface area contributed by atoms with Gasteiger partial charge in [0.25, 0.3) is 0 Å². The lowest BCUT2D eigenvalue weighted by atomic mass is 10.0. The zero-order valence-corrected chi connectivity index (χ0v) is 12.9. The Morgan fingerprint density at radius 3 is 2.90 bits per heavy atom. The van der Waals surface area contributed by atoms with E-state index in [0.29, 0.717) is 11.8 Å². The molecular formula is C16H24N4O. The van der Waals surface area contributed by atoms with E-state index >= 15 is 0 Å². The molecule has 0 radical (unpaired) electrons. The Balaban J connectivity index is 1.51. The Labute approximate surface area is 125 Å². The van der Waals surface area contributed by atoms with E-state index in [4.69, 9.17) is 0 Å². The van der Waals surface area contributed by atoms with Crippen LogP contribution in [0.4, 0.5) is 0 Å². The molecule has 21 heavy (non-hydrogen) atoms. The first-order chi connectivity index (χ1) is 10.1. The van der Waals surface area contributed by atoms with Gasteiger partial charge in [0.15, 0.2) is 0 Å². The van der Waals surface area contributed by atoms with Gasteiger partial charge in [-0.3, -0.25) is 4.79 Å². The molecule has 5 nitrogen and oxygen atoms in total. The lowest BCUT2D eigenvalue weighted by Crippen LogP contribution is -2.45. The molecular weight excluding hydrogens is 264 g/mol. The van der Waals surface area contributed by atoms with Crippen molar-refractivity contribution in [3.05, 3.63) is 17.7 Å². The first kappa shape index (κ1) is 13.3. The molecule has 2 aliphatic heterocycles. The first-order valence-electron chi connectivity index (χ1n) is 8.15. The molecule has 1 saturated carbocycles. The second-order valence-electron chi connectivity index (χ2n) is 7.31. The number of aromatic nitrogens is 2. The molecule has 1 saturated heterocycles. The molecule has 1 aromatic heterocycles. The van der Waals surface area contributed by atoms with E-state index < -0.39 is 5.54 Å². The Morgan fingerprint density at radius 1 is 1.38 bits per heavy atom. The monoisotopic (exact) mass is 288 g/mol. The number of carbonyl (C=O) groups excluding carboxylic acids is 1. The van der Waals surface area contributed by atoms with Gasteiger partial charge in [-0.05, 0) is 58.0 Å². The van der Waals surface area contributed by atoms with Crippen LogP contribution in [0.1, 0.15) is 38.2 Å². The third kappa shape index (κ3) is 2.09. The minimum Gasteiger partial charge on any atom is -0.344 e. The Hall–Kier alpha value is -1.36. The number of hydrogen-bond acceptors (Lipinski definition) is 3. The lowest BCUT2D eigenvalue weighted by molar-refractivity contribution is -0.124. The van der Waals surface area contributed by atoms with E-state index in [-0.39, 0.29) is 11.8 Å². The standard InChI is InChI=1S/C16H24N4O/c1-16(2,15-18-7-10-5-3-4-6-20(10)15)19-14(21)13-11-8-17-9-12(11)13/h7,11-13,17H,3-6,8-9H2,1-2H3,(H,19,21)/t11-,12+,13?. The van der Waals surface area contributed by atoms with Crippen LogP contribution in [-0.2, 0) is 23.3 Å². The highest BCUT2D eigenvalue weighted by molar-refractivity contribution is 5.83. The van der Waals surface area contributed by atoms with Crippen LogP contribution < -0.4 is 10.6 Å². The number of carbonyl (C=O) groups is 1. The van der Waals surface area contributed by atoms with Crippen LogP contribution in [0.2, 0.25) is 0 Å². The van der Waals surface area contributed by atoms with E-state index in [2.05, 4.69) is 34.0 Å². The summed E-state index contributed by atoms with van der Waals surface area (Å²) < 4.78 is 2.30. The molecule has 0 bridgehead atoms. The normalized spacial score (nSPS) is 30.7. The van der Waals surface area contributed by atoms with Crippen molar-refractivity contribution in [1.82, 2.24) is 20.2 Å². The van der Waals surface area contributed by atoms with Crippen molar-refractivity contribution in [2.75, 3.05) is 13.1 Å². The van der Waals surface area contributed by atoms with Gasteiger partial charge >= 0.3 is 0 Å². The van der Waals surface area contributed by atoms with Crippen LogP contribution in [0.25, 0.3) is 0 Å². The third-order valence-corrected chi connectivity index (χ3v) is 5.39. The summed E-state index contributed by atoms with van der Waals surface area (Å²) in [5.41, 5.74) is 0.919. The molecule has 4 rings (SSSR count). The molecule has 3 heterocycles. The van der Waals surface area contributed by atoms with Gasteiger partial charge in [0.1, 0.15) is 5.82 Å². The summed E-state index contributed by atoms with van der Waals surface area (Å²) >= 11 is 0. The second-order valence-corrected chi connectivity index (χ2v) is 7.31. The van der Waals surface area contributed by atoms with Gasteiger partial charge < -0.3 is 15.2 Å². The molecule has 2 fully saturated rings. The number of rotatable bonds is 3. The van der Waals surface area contributed by atoms with Gasteiger partial charge in [-0.1, -0.05) is 0 Å². The van der Waals surface area contributed by atoms with Crippen LogP contribution in [-0.4, -0.2) is 28.5 Å². The molecule has 3 aliphatic rings. The highest BCUT2D eigenvalue weighted by Gasteiger charge is 2.57. The van der Waals surface area contributed by atoms with Crippen molar-refractivity contribution < 1.29 is 4.79 Å². The van der Waals surface area contributed by atoms with Crippen LogP contribution >= 0.6 is 0 Å². The summed E-state index contributed by atoms with van der Waals surface area (Å²) in [5, 5.41) is 6.59. The van der Waals surface area contributed by atoms with Crippen molar-refractivity contribution in [1.29, 1.82) is 0 Å². The smallest absolute Gasteiger partial charge is 0.224 e. The fourth-order valence-electron chi connectivity index (χ4n) is 4.19. The van der Waals surface area contributed by atoms with Gasteiger partial charge in [0.2, 0.25) is 5.91 Å². The molecule has 1 amide bonds. The van der Waals surface area contributed by atoms with Crippen LogP contribution in [0.15, 0.2) is 6.20 Å². The fraction of sp³-hybridized carbons (Fsp3) is 0.750. The number of nitrogens with zero attached hydrogens (tertiary/aromatic N) is 2. The molecule has 1 unspecified atom stereocenters. The Kier molecular flexibility index (Phi) is 2.89. The van der Waals surface area contributed by atoms with Gasteiger partial charge in [-0.15, -0.1) is 0 Å². The topological polar surface area (TPSA) is 59.0 Å². The van der Waals surface area contributed by atoms with Crippen LogP contribution in [0.3, 0.4) is 0 Å². The van der Waals surface area contributed by atoms with Gasteiger partial charge in [-0.2, -0.15) is 0 Å². The number of hydrogen-bond donors (Lipinski definition) is 2. The lowest BCUT2D eigenvalue weighted by Gasteiger charge is -2.29. The molecule has 1 aromatic rings. The number of fused-ring (bicyclic) bond motifs is 2. The van der Waals surface area contributed by atoms with Crippen LogP contribution in [0.5, 0.6) is 0 Å². The highest BCUT2D eigenvalue weighted by Crippen LogP contribution is 2.49. The van der Waals surface area contributed by atoms with E-state index in [1.54, 1.807) is 0 Å². The third-order valence-electron chi connectivity index (χ3n) is 5.39. The Bertz CT molecular complexity index is 567. The first-order valence-corrected chi connectivity index (χ1v) is 8.15. The summed E-state index contributed by atoms with van der Waals surface area (Å²) in [7, 11) is 0. The van der Waals surface area contributed by atoms with E-state index in [0.717, 1.165) is 31.9 Å². The molecule has 1 aliphatic carbocycles. The average molecular weight is 288 g/mol.